The first-order valence-corrected chi connectivity index (χ1v) is 5.39. The van der Waals surface area contributed by atoms with Gasteiger partial charge in [0, 0.05) is 17.7 Å². The van der Waals surface area contributed by atoms with Crippen molar-refractivity contribution in [3.8, 4) is 0 Å². The van der Waals surface area contributed by atoms with Crippen molar-refractivity contribution in [1.29, 1.82) is 0 Å². The monoisotopic (exact) mass is 223 g/mol. The average Bonchev–Trinajstić information content (AvgIpc) is 2.57. The maximum absolute atomic E-state index is 12.0. The maximum Gasteiger partial charge on any atom is 0.210 e. The van der Waals surface area contributed by atoms with Crippen LogP contribution in [0.15, 0.2) is 12.1 Å². The Hall–Kier alpha value is -1.13. The number of aliphatic hydroxyl groups excluding tert-OH is 1. The van der Waals surface area contributed by atoms with Crippen LogP contribution in [0.5, 0.6) is 0 Å². The van der Waals surface area contributed by atoms with Crippen LogP contribution in [0, 0.1) is 0 Å². The van der Waals surface area contributed by atoms with Gasteiger partial charge in [0.15, 0.2) is 0 Å². The number of nitrogens with zero attached hydrogens (tertiary/aromatic N) is 1. The molecule has 0 aromatic carbocycles. The molecule has 0 radical (unpaired) electrons. The number of ketones is 1. The van der Waals surface area contributed by atoms with E-state index in [2.05, 4.69) is 0 Å². The zero-order chi connectivity index (χ0) is 12.1. The second-order valence-electron chi connectivity index (χ2n) is 5.30. The highest BCUT2D eigenvalue weighted by Gasteiger charge is 2.45. The van der Waals surface area contributed by atoms with Gasteiger partial charge >= 0.3 is 0 Å². The van der Waals surface area contributed by atoms with Crippen molar-refractivity contribution < 1.29 is 15.0 Å². The number of aromatic nitrogens is 1. The van der Waals surface area contributed by atoms with E-state index in [1.807, 2.05) is 18.4 Å². The Kier molecular flexibility index (Phi) is 2.26. The third kappa shape index (κ3) is 1.41. The highest BCUT2D eigenvalue weighted by Crippen LogP contribution is 2.37. The molecule has 0 spiro atoms. The summed E-state index contributed by atoms with van der Waals surface area (Å²) in [6.07, 6.45) is 0.355. The molecular formula is C12H17NO3. The van der Waals surface area contributed by atoms with Crippen molar-refractivity contribution in [3.63, 3.8) is 0 Å². The van der Waals surface area contributed by atoms with Gasteiger partial charge in [0.25, 0.3) is 0 Å². The van der Waals surface area contributed by atoms with Gasteiger partial charge < -0.3 is 14.8 Å². The van der Waals surface area contributed by atoms with Crippen molar-refractivity contribution in [3.05, 3.63) is 23.5 Å². The molecule has 0 saturated carbocycles. The van der Waals surface area contributed by atoms with Gasteiger partial charge in [-0.1, -0.05) is 0 Å². The molecule has 0 bridgehead atoms. The molecule has 16 heavy (non-hydrogen) atoms. The largest absolute Gasteiger partial charge is 0.390 e. The highest BCUT2D eigenvalue weighted by molar-refractivity contribution is 6.02. The molecule has 0 saturated heterocycles. The molecule has 88 valence electrons. The third-order valence-corrected chi connectivity index (χ3v) is 3.23. The summed E-state index contributed by atoms with van der Waals surface area (Å²) in [5.41, 5.74) is -0.493. The normalized spacial score (nSPS) is 27.9. The molecule has 1 aliphatic heterocycles. The van der Waals surface area contributed by atoms with Crippen LogP contribution in [-0.2, 0) is 12.1 Å². The topological polar surface area (TPSA) is 62.5 Å². The van der Waals surface area contributed by atoms with E-state index in [1.54, 1.807) is 19.1 Å². The first-order valence-electron chi connectivity index (χ1n) is 5.39. The fourth-order valence-corrected chi connectivity index (χ4v) is 2.77. The van der Waals surface area contributed by atoms with Crippen LogP contribution in [-0.4, -0.2) is 26.2 Å². The summed E-state index contributed by atoms with van der Waals surface area (Å²) >= 11 is 0. The van der Waals surface area contributed by atoms with Crippen molar-refractivity contribution in [2.45, 2.75) is 44.9 Å². The van der Waals surface area contributed by atoms with E-state index in [9.17, 15) is 15.0 Å². The molecular weight excluding hydrogens is 206 g/mol. The van der Waals surface area contributed by atoms with Crippen molar-refractivity contribution in [1.82, 2.24) is 4.57 Å². The minimum atomic E-state index is -1.31. The molecule has 2 heterocycles. The van der Waals surface area contributed by atoms with Crippen LogP contribution in [0.25, 0.3) is 0 Å². The molecule has 4 heteroatoms. The van der Waals surface area contributed by atoms with E-state index in [4.69, 9.17) is 0 Å². The second kappa shape index (κ2) is 3.18. The van der Waals surface area contributed by atoms with Crippen molar-refractivity contribution >= 4 is 5.78 Å². The summed E-state index contributed by atoms with van der Waals surface area (Å²) in [4.78, 5) is 12.0. The summed E-state index contributed by atoms with van der Waals surface area (Å²) < 4.78 is 1.83. The molecule has 2 N–H and O–H groups in total. The highest BCUT2D eigenvalue weighted by atomic mass is 16.3. The molecule has 4 nitrogen and oxygen atoms in total. The number of aliphatic hydroxyl groups is 2. The Bertz CT molecular complexity index is 443. The number of hydrogen-bond donors (Lipinski definition) is 2. The fraction of sp³-hybridized carbons (Fsp3) is 0.583. The first kappa shape index (κ1) is 11.4. The van der Waals surface area contributed by atoms with Crippen LogP contribution in [0.4, 0.5) is 0 Å². The summed E-state index contributed by atoms with van der Waals surface area (Å²) in [7, 11) is 0. The summed E-state index contributed by atoms with van der Waals surface area (Å²) in [6.45, 7) is 5.36. The second-order valence-corrected chi connectivity index (χ2v) is 5.30. The Labute approximate surface area is 94.5 Å². The number of rotatable bonds is 1. The molecule has 1 aliphatic rings. The zero-order valence-electron chi connectivity index (χ0n) is 9.82. The molecule has 0 fully saturated rings. The van der Waals surface area contributed by atoms with Gasteiger partial charge in [-0.3, -0.25) is 4.79 Å². The number of fused-ring (bicyclic) bond motifs is 1. The Morgan fingerprint density at radius 3 is 2.56 bits per heavy atom. The van der Waals surface area contributed by atoms with Crippen molar-refractivity contribution in [2.75, 3.05) is 0 Å². The molecule has 1 atom stereocenters. The summed E-state index contributed by atoms with van der Waals surface area (Å²) in [6, 6.07) is 3.40. The third-order valence-electron chi connectivity index (χ3n) is 3.23. The van der Waals surface area contributed by atoms with E-state index < -0.39 is 5.60 Å². The Morgan fingerprint density at radius 2 is 2.00 bits per heavy atom. The van der Waals surface area contributed by atoms with E-state index in [-0.39, 0.29) is 17.9 Å². The Balaban J connectivity index is 2.65. The van der Waals surface area contributed by atoms with Gasteiger partial charge in [-0.2, -0.15) is 0 Å². The van der Waals surface area contributed by atoms with Crippen LogP contribution >= 0.6 is 0 Å². The minimum absolute atomic E-state index is 0.0984. The van der Waals surface area contributed by atoms with Crippen molar-refractivity contribution in [2.24, 2.45) is 0 Å². The molecule has 1 aromatic rings. The lowest BCUT2D eigenvalue weighted by atomic mass is 9.80. The number of carbonyl (C=O) groups is 1. The summed E-state index contributed by atoms with van der Waals surface area (Å²) in [5, 5.41) is 19.3. The number of Topliss-reactive ketones (excluding diaryl/α,β-unsaturated/α-hetero) is 1. The average molecular weight is 223 g/mol. The summed E-state index contributed by atoms with van der Waals surface area (Å²) in [5.74, 6) is -0.272. The fourth-order valence-electron chi connectivity index (χ4n) is 2.77. The maximum atomic E-state index is 12.0. The Morgan fingerprint density at radius 1 is 1.38 bits per heavy atom. The van der Waals surface area contributed by atoms with Gasteiger partial charge in [0.2, 0.25) is 5.78 Å². The quantitative estimate of drug-likeness (QED) is 0.748. The van der Waals surface area contributed by atoms with Gasteiger partial charge in [-0.05, 0) is 32.9 Å². The first-order chi connectivity index (χ1) is 7.29. The van der Waals surface area contributed by atoms with Crippen LogP contribution in [0.3, 0.4) is 0 Å². The lowest BCUT2D eigenvalue weighted by Crippen LogP contribution is -2.50. The van der Waals surface area contributed by atoms with E-state index in [0.717, 1.165) is 0 Å². The van der Waals surface area contributed by atoms with E-state index in [0.29, 0.717) is 17.8 Å². The standard InChI is InChI=1S/C12H17NO3/c1-11(2)7-12(3,16)10(15)9-5-4-8(6-14)13(9)11/h4-5,14,16H,6-7H2,1-3H3. The molecule has 2 rings (SSSR count). The molecule has 0 aliphatic carbocycles. The molecule has 1 aromatic heterocycles. The SMILES string of the molecule is CC1(O)CC(C)(C)n2c(CO)ccc2C1=O. The lowest BCUT2D eigenvalue weighted by Gasteiger charge is -2.41. The van der Waals surface area contributed by atoms with Crippen LogP contribution in [0.2, 0.25) is 0 Å². The van der Waals surface area contributed by atoms with E-state index in [1.165, 1.54) is 0 Å². The van der Waals surface area contributed by atoms with Gasteiger partial charge in [0.05, 0.1) is 12.3 Å². The minimum Gasteiger partial charge on any atom is -0.390 e. The molecule has 1 unspecified atom stereocenters. The van der Waals surface area contributed by atoms with Crippen LogP contribution < -0.4 is 0 Å². The predicted molar refractivity (Wildman–Crippen MR) is 59.2 cm³/mol. The zero-order valence-corrected chi connectivity index (χ0v) is 9.82. The predicted octanol–water partition coefficient (Wildman–Crippen LogP) is 1.05. The lowest BCUT2D eigenvalue weighted by molar-refractivity contribution is 0.00711. The molecule has 0 amide bonds. The van der Waals surface area contributed by atoms with Gasteiger partial charge in [-0.25, -0.2) is 0 Å². The van der Waals surface area contributed by atoms with E-state index >= 15 is 0 Å². The van der Waals surface area contributed by atoms with Gasteiger partial charge in [0.1, 0.15) is 5.60 Å². The smallest absolute Gasteiger partial charge is 0.210 e. The van der Waals surface area contributed by atoms with Crippen LogP contribution in [0.1, 0.15) is 43.4 Å². The number of hydrogen-bond acceptors (Lipinski definition) is 3. The number of carbonyl (C=O) groups excluding carboxylic acids is 1. The van der Waals surface area contributed by atoms with Gasteiger partial charge in [-0.15, -0.1) is 0 Å².